The molecule has 0 atom stereocenters. The molecule has 194 valence electrons. The number of nitrogens with zero attached hydrogens (tertiary/aromatic N) is 2. The van der Waals surface area contributed by atoms with Gasteiger partial charge in [0.1, 0.15) is 0 Å². The maximum Gasteiger partial charge on any atom is 0.272 e. The Labute approximate surface area is 225 Å². The highest BCUT2D eigenvalue weighted by molar-refractivity contribution is 6.35. The number of aromatic nitrogens is 2. The summed E-state index contributed by atoms with van der Waals surface area (Å²) in [5, 5.41) is 8.98. The van der Waals surface area contributed by atoms with E-state index in [2.05, 4.69) is 10.4 Å². The molecule has 0 radical (unpaired) electrons. The lowest BCUT2D eigenvalue weighted by molar-refractivity contribution is 0.0166. The molecule has 2 aromatic carbocycles. The lowest BCUT2D eigenvalue weighted by atomic mass is 10.1. The first-order valence-electron chi connectivity index (χ1n) is 11.4. The highest BCUT2D eigenvalue weighted by atomic mass is 35.5. The van der Waals surface area contributed by atoms with Crippen LogP contribution in [0.4, 0.5) is 0 Å². The molecule has 3 N–H and O–H groups in total. The van der Waals surface area contributed by atoms with Gasteiger partial charge in [-0.3, -0.25) is 4.79 Å². The third-order valence-electron chi connectivity index (χ3n) is 5.13. The van der Waals surface area contributed by atoms with Crippen molar-refractivity contribution >= 4 is 40.7 Å². The van der Waals surface area contributed by atoms with Gasteiger partial charge in [-0.05, 0) is 37.3 Å². The zero-order chi connectivity index (χ0) is 25.9. The van der Waals surface area contributed by atoms with Gasteiger partial charge in [0.2, 0.25) is 0 Å². The van der Waals surface area contributed by atoms with Gasteiger partial charge in [0, 0.05) is 34.3 Å². The van der Waals surface area contributed by atoms with E-state index in [-0.39, 0.29) is 11.6 Å². The number of nitrogens with one attached hydrogen (secondary N) is 1. The van der Waals surface area contributed by atoms with Crippen LogP contribution < -0.4 is 11.1 Å². The molecule has 0 saturated heterocycles. The van der Waals surface area contributed by atoms with Crippen molar-refractivity contribution in [2.24, 2.45) is 5.73 Å². The Hall–Kier alpha value is -2.17. The third-order valence-corrected chi connectivity index (χ3v) is 5.92. The normalized spacial score (nSPS) is 11.1. The highest BCUT2D eigenvalue weighted by Gasteiger charge is 2.23. The number of carbonyl (C=O) groups excluding carboxylic acids is 1. The number of amides is 1. The van der Waals surface area contributed by atoms with E-state index in [1.807, 2.05) is 19.1 Å². The molecule has 1 amide bonds. The van der Waals surface area contributed by atoms with Crippen molar-refractivity contribution in [1.29, 1.82) is 0 Å². The smallest absolute Gasteiger partial charge is 0.272 e. The second-order valence-electron chi connectivity index (χ2n) is 7.72. The molecule has 1 aromatic heterocycles. The lowest BCUT2D eigenvalue weighted by Crippen LogP contribution is -2.28. The number of halogens is 3. The first-order valence-corrected chi connectivity index (χ1v) is 12.6. The molecular weight excluding hydrogens is 527 g/mol. The number of hydrogen-bond donors (Lipinski definition) is 2. The van der Waals surface area contributed by atoms with Crippen LogP contribution in [0, 0.1) is 6.92 Å². The summed E-state index contributed by atoms with van der Waals surface area (Å²) >= 11 is 18.6. The van der Waals surface area contributed by atoms with Gasteiger partial charge in [-0.1, -0.05) is 46.9 Å². The molecule has 3 rings (SSSR count). The van der Waals surface area contributed by atoms with Gasteiger partial charge < -0.3 is 25.3 Å². The molecule has 0 unspecified atom stereocenters. The number of benzene rings is 2. The Balaban J connectivity index is 1.64. The Morgan fingerprint density at radius 3 is 2.17 bits per heavy atom. The van der Waals surface area contributed by atoms with Crippen LogP contribution in [0.5, 0.6) is 0 Å². The Bertz CT molecular complexity index is 1140. The van der Waals surface area contributed by atoms with Crippen LogP contribution in [0.2, 0.25) is 15.1 Å². The van der Waals surface area contributed by atoms with E-state index < -0.39 is 0 Å². The van der Waals surface area contributed by atoms with Crippen molar-refractivity contribution < 1.29 is 19.0 Å². The zero-order valence-corrected chi connectivity index (χ0v) is 22.2. The van der Waals surface area contributed by atoms with E-state index in [1.165, 1.54) is 0 Å². The van der Waals surface area contributed by atoms with Gasteiger partial charge in [-0.25, -0.2) is 4.68 Å². The average molecular weight is 556 g/mol. The van der Waals surface area contributed by atoms with Gasteiger partial charge >= 0.3 is 0 Å². The van der Waals surface area contributed by atoms with Crippen molar-refractivity contribution in [1.82, 2.24) is 15.1 Å². The number of rotatable bonds is 14. The second kappa shape index (κ2) is 14.5. The number of nitrogens with two attached hydrogens (primary N) is 1. The minimum atomic E-state index is -0.316. The quantitative estimate of drug-likeness (QED) is 0.283. The van der Waals surface area contributed by atoms with Crippen molar-refractivity contribution in [2.45, 2.75) is 6.92 Å². The third kappa shape index (κ3) is 7.91. The summed E-state index contributed by atoms with van der Waals surface area (Å²) in [7, 11) is 0. The van der Waals surface area contributed by atoms with E-state index in [0.717, 1.165) is 11.3 Å². The maximum absolute atomic E-state index is 13.0. The molecule has 3 aromatic rings. The summed E-state index contributed by atoms with van der Waals surface area (Å²) in [5.74, 6) is -0.316. The van der Waals surface area contributed by atoms with Gasteiger partial charge in [0.15, 0.2) is 5.69 Å². The molecule has 1 heterocycles. The molecule has 0 aliphatic carbocycles. The highest BCUT2D eigenvalue weighted by Crippen LogP contribution is 2.33. The predicted octanol–water partition coefficient (Wildman–Crippen LogP) is 4.55. The van der Waals surface area contributed by atoms with E-state index in [0.29, 0.717) is 79.0 Å². The van der Waals surface area contributed by atoms with Gasteiger partial charge in [-0.2, -0.15) is 5.10 Å². The molecule has 0 aliphatic heterocycles. The fraction of sp³-hybridized carbons (Fsp3) is 0.360. The Morgan fingerprint density at radius 1 is 0.917 bits per heavy atom. The van der Waals surface area contributed by atoms with Gasteiger partial charge in [0.25, 0.3) is 5.91 Å². The summed E-state index contributed by atoms with van der Waals surface area (Å²) in [6.07, 6.45) is 0. The van der Waals surface area contributed by atoms with Crippen LogP contribution in [0.3, 0.4) is 0 Å². The average Bonchev–Trinajstić information content (AvgIpc) is 3.19. The first-order chi connectivity index (χ1) is 17.4. The van der Waals surface area contributed by atoms with Crippen molar-refractivity contribution in [2.75, 3.05) is 52.7 Å². The van der Waals surface area contributed by atoms with E-state index in [4.69, 9.17) is 54.7 Å². The molecule has 0 bridgehead atoms. The fourth-order valence-corrected chi connectivity index (χ4v) is 4.05. The summed E-state index contributed by atoms with van der Waals surface area (Å²) in [6, 6.07) is 12.4. The first kappa shape index (κ1) is 28.4. The summed E-state index contributed by atoms with van der Waals surface area (Å²) in [6.45, 7) is 5.35. The minimum absolute atomic E-state index is 0.284. The second-order valence-corrected chi connectivity index (χ2v) is 9.00. The summed E-state index contributed by atoms with van der Waals surface area (Å²) in [5.41, 5.74) is 8.50. The van der Waals surface area contributed by atoms with E-state index in [9.17, 15) is 4.79 Å². The molecule has 0 spiro atoms. The van der Waals surface area contributed by atoms with Crippen LogP contribution in [0.15, 0.2) is 42.5 Å². The van der Waals surface area contributed by atoms with Crippen LogP contribution in [0.1, 0.15) is 16.1 Å². The number of hydrogen-bond acceptors (Lipinski definition) is 6. The standard InChI is InChI=1S/C25H29Cl3N4O4/c1-17-23(25(33)30-9-11-35-13-15-36-14-12-34-10-8-29)31-32(22-7-6-20(27)16-21(22)28)24(17)18-2-4-19(26)5-3-18/h2-7,16H,8-15,29H2,1H3,(H,30,33). The van der Waals surface area contributed by atoms with Gasteiger partial charge in [-0.15, -0.1) is 0 Å². The Morgan fingerprint density at radius 2 is 1.53 bits per heavy atom. The molecule has 0 aliphatic rings. The van der Waals surface area contributed by atoms with Crippen LogP contribution in [0.25, 0.3) is 16.9 Å². The zero-order valence-electron chi connectivity index (χ0n) is 19.9. The van der Waals surface area contributed by atoms with E-state index in [1.54, 1.807) is 35.0 Å². The van der Waals surface area contributed by atoms with Crippen LogP contribution in [-0.2, 0) is 14.2 Å². The van der Waals surface area contributed by atoms with Crippen molar-refractivity contribution in [3.8, 4) is 16.9 Å². The topological polar surface area (TPSA) is 101 Å². The van der Waals surface area contributed by atoms with Crippen molar-refractivity contribution in [3.05, 3.63) is 68.8 Å². The molecule has 8 nitrogen and oxygen atoms in total. The van der Waals surface area contributed by atoms with E-state index >= 15 is 0 Å². The SMILES string of the molecule is Cc1c(C(=O)NCCOCCOCCOCCN)nn(-c2ccc(Cl)cc2Cl)c1-c1ccc(Cl)cc1. The number of ether oxygens (including phenoxy) is 3. The molecule has 0 fully saturated rings. The lowest BCUT2D eigenvalue weighted by Gasteiger charge is -2.11. The fourth-order valence-electron chi connectivity index (χ4n) is 3.43. The monoisotopic (exact) mass is 554 g/mol. The number of carbonyl (C=O) groups is 1. The van der Waals surface area contributed by atoms with Crippen molar-refractivity contribution in [3.63, 3.8) is 0 Å². The maximum atomic E-state index is 13.0. The molecule has 0 saturated carbocycles. The predicted molar refractivity (Wildman–Crippen MR) is 143 cm³/mol. The minimum Gasteiger partial charge on any atom is -0.378 e. The molecular formula is C25H29Cl3N4O4. The largest absolute Gasteiger partial charge is 0.378 e. The summed E-state index contributed by atoms with van der Waals surface area (Å²) < 4.78 is 17.8. The van der Waals surface area contributed by atoms with Crippen LogP contribution in [-0.4, -0.2) is 68.4 Å². The molecule has 36 heavy (non-hydrogen) atoms. The Kier molecular flexibility index (Phi) is 11.5. The van der Waals surface area contributed by atoms with Crippen LogP contribution >= 0.6 is 34.8 Å². The van der Waals surface area contributed by atoms with Gasteiger partial charge in [0.05, 0.1) is 56.0 Å². The molecule has 11 heteroatoms. The summed E-state index contributed by atoms with van der Waals surface area (Å²) in [4.78, 5) is 13.0.